The summed E-state index contributed by atoms with van der Waals surface area (Å²) < 4.78 is 5.31. The zero-order chi connectivity index (χ0) is 10.6. The van der Waals surface area contributed by atoms with Gasteiger partial charge in [-0.05, 0) is 37.6 Å². The molecule has 0 amide bonds. The molecule has 0 aromatic heterocycles. The summed E-state index contributed by atoms with van der Waals surface area (Å²) in [5.74, 6) is 0.762. The van der Waals surface area contributed by atoms with Crippen LogP contribution in [0.3, 0.4) is 0 Å². The minimum atomic E-state index is -0.0489. The second-order valence-corrected chi connectivity index (χ2v) is 3.23. The summed E-state index contributed by atoms with van der Waals surface area (Å²) in [6.07, 6.45) is 0. The van der Waals surface area contributed by atoms with Gasteiger partial charge in [-0.25, -0.2) is 0 Å². The second-order valence-electron chi connectivity index (χ2n) is 2.97. The number of ketones is 1. The summed E-state index contributed by atoms with van der Waals surface area (Å²) in [7, 11) is 0. The topological polar surface area (TPSA) is 26.3 Å². The van der Waals surface area contributed by atoms with Crippen molar-refractivity contribution in [1.29, 1.82) is 0 Å². The highest BCUT2D eigenvalue weighted by atomic mass is 35.5. The summed E-state index contributed by atoms with van der Waals surface area (Å²) in [4.78, 5) is 11.3. The largest absolute Gasteiger partial charge is 0.494 e. The van der Waals surface area contributed by atoms with Crippen molar-refractivity contribution in [1.82, 2.24) is 0 Å². The van der Waals surface area contributed by atoms with Crippen LogP contribution >= 0.6 is 11.6 Å². The minimum absolute atomic E-state index is 0.0226. The summed E-state index contributed by atoms with van der Waals surface area (Å²) in [5.41, 5.74) is 1.57. The van der Waals surface area contributed by atoms with Crippen LogP contribution in [0.5, 0.6) is 5.75 Å². The average Bonchev–Trinajstić information content (AvgIpc) is 2.17. The van der Waals surface area contributed by atoms with E-state index in [0.717, 1.165) is 11.3 Å². The number of benzene rings is 1. The van der Waals surface area contributed by atoms with Crippen molar-refractivity contribution in [2.24, 2.45) is 0 Å². The van der Waals surface area contributed by atoms with Gasteiger partial charge < -0.3 is 4.74 Å². The normalized spacial score (nSPS) is 9.93. The molecule has 0 aliphatic carbocycles. The number of Topliss-reactive ketones (excluding diaryl/α,β-unsaturated/α-hetero) is 1. The molecule has 0 fully saturated rings. The Hall–Kier alpha value is -1.02. The van der Waals surface area contributed by atoms with E-state index in [1.807, 2.05) is 19.9 Å². The molecule has 2 nitrogen and oxygen atoms in total. The van der Waals surface area contributed by atoms with Crippen LogP contribution < -0.4 is 4.74 Å². The first-order chi connectivity index (χ1) is 6.69. The molecule has 0 unspecified atom stereocenters. The Morgan fingerprint density at radius 2 is 2.21 bits per heavy atom. The van der Waals surface area contributed by atoms with Crippen LogP contribution in [0.15, 0.2) is 18.2 Å². The first kappa shape index (κ1) is 11.1. The number of alkyl halides is 1. The molecule has 1 aromatic carbocycles. The van der Waals surface area contributed by atoms with Gasteiger partial charge in [0.15, 0.2) is 5.78 Å². The molecule has 76 valence electrons. The van der Waals surface area contributed by atoms with Gasteiger partial charge in [-0.3, -0.25) is 4.79 Å². The number of ether oxygens (including phenoxy) is 1. The van der Waals surface area contributed by atoms with Crippen molar-refractivity contribution in [2.45, 2.75) is 13.8 Å². The van der Waals surface area contributed by atoms with Crippen molar-refractivity contribution >= 4 is 17.4 Å². The molecule has 0 saturated carbocycles. The molecule has 0 heterocycles. The molecule has 0 aliphatic rings. The maximum absolute atomic E-state index is 11.3. The van der Waals surface area contributed by atoms with E-state index in [2.05, 4.69) is 0 Å². The van der Waals surface area contributed by atoms with E-state index in [1.165, 1.54) is 0 Å². The Bertz CT molecular complexity index is 334. The van der Waals surface area contributed by atoms with Crippen molar-refractivity contribution in [2.75, 3.05) is 12.5 Å². The molecule has 0 N–H and O–H groups in total. The summed E-state index contributed by atoms with van der Waals surface area (Å²) in [6, 6.07) is 5.39. The van der Waals surface area contributed by atoms with Gasteiger partial charge in [-0.15, -0.1) is 11.6 Å². The maximum atomic E-state index is 11.3. The second kappa shape index (κ2) is 5.01. The number of rotatable bonds is 4. The lowest BCUT2D eigenvalue weighted by Gasteiger charge is -2.06. The smallest absolute Gasteiger partial charge is 0.177 e. The van der Waals surface area contributed by atoms with Crippen molar-refractivity contribution in [3.8, 4) is 5.75 Å². The molecule has 3 heteroatoms. The van der Waals surface area contributed by atoms with Crippen LogP contribution in [0.1, 0.15) is 22.8 Å². The molecule has 0 spiro atoms. The molecule has 1 rings (SSSR count). The van der Waals surface area contributed by atoms with Gasteiger partial charge in [-0.1, -0.05) is 0 Å². The van der Waals surface area contributed by atoms with E-state index in [-0.39, 0.29) is 11.7 Å². The molecule has 1 aromatic rings. The third-order valence-corrected chi connectivity index (χ3v) is 2.17. The fourth-order valence-electron chi connectivity index (χ4n) is 1.28. The quantitative estimate of drug-likeness (QED) is 0.567. The lowest BCUT2D eigenvalue weighted by Crippen LogP contribution is -2.03. The molecule has 0 bridgehead atoms. The number of carbonyl (C=O) groups is 1. The minimum Gasteiger partial charge on any atom is -0.494 e. The molecule has 0 saturated heterocycles. The Morgan fingerprint density at radius 3 is 2.71 bits per heavy atom. The van der Waals surface area contributed by atoms with Gasteiger partial charge in [0, 0.05) is 5.56 Å². The highest BCUT2D eigenvalue weighted by Gasteiger charge is 2.07. The number of hydrogen-bond acceptors (Lipinski definition) is 2. The van der Waals surface area contributed by atoms with Crippen LogP contribution in [0.4, 0.5) is 0 Å². The SMILES string of the molecule is CCOc1ccc(C(=O)CCl)c(C)c1. The van der Waals surface area contributed by atoms with Crippen LogP contribution in [0, 0.1) is 6.92 Å². The summed E-state index contributed by atoms with van der Waals surface area (Å²) in [5, 5.41) is 0. The van der Waals surface area contributed by atoms with Crippen molar-refractivity contribution < 1.29 is 9.53 Å². The first-order valence-electron chi connectivity index (χ1n) is 4.51. The fourth-order valence-corrected chi connectivity index (χ4v) is 1.42. The van der Waals surface area contributed by atoms with Gasteiger partial charge in [-0.2, -0.15) is 0 Å². The zero-order valence-corrected chi connectivity index (χ0v) is 9.10. The number of hydrogen-bond donors (Lipinski definition) is 0. The molecular weight excluding hydrogens is 200 g/mol. The molecule has 0 atom stereocenters. The van der Waals surface area contributed by atoms with E-state index >= 15 is 0 Å². The van der Waals surface area contributed by atoms with Crippen LogP contribution in [0.2, 0.25) is 0 Å². The average molecular weight is 213 g/mol. The van der Waals surface area contributed by atoms with Gasteiger partial charge in [0.25, 0.3) is 0 Å². The Balaban J connectivity index is 2.95. The lowest BCUT2D eigenvalue weighted by molar-refractivity contribution is 0.102. The van der Waals surface area contributed by atoms with Gasteiger partial charge in [0.05, 0.1) is 12.5 Å². The van der Waals surface area contributed by atoms with Crippen molar-refractivity contribution in [3.05, 3.63) is 29.3 Å². The van der Waals surface area contributed by atoms with Crippen LogP contribution in [-0.2, 0) is 0 Å². The summed E-state index contributed by atoms with van der Waals surface area (Å²) >= 11 is 5.48. The predicted molar refractivity (Wildman–Crippen MR) is 57.4 cm³/mol. The third-order valence-electron chi connectivity index (χ3n) is 1.93. The van der Waals surface area contributed by atoms with Crippen LogP contribution in [0.25, 0.3) is 0 Å². The van der Waals surface area contributed by atoms with Gasteiger partial charge in [0.2, 0.25) is 0 Å². The third kappa shape index (κ3) is 2.48. The summed E-state index contributed by atoms with van der Waals surface area (Å²) in [6.45, 7) is 4.43. The Labute approximate surface area is 88.8 Å². The highest BCUT2D eigenvalue weighted by molar-refractivity contribution is 6.30. The highest BCUT2D eigenvalue weighted by Crippen LogP contribution is 2.17. The lowest BCUT2D eigenvalue weighted by atomic mass is 10.1. The van der Waals surface area contributed by atoms with Crippen LogP contribution in [-0.4, -0.2) is 18.3 Å². The van der Waals surface area contributed by atoms with E-state index < -0.39 is 0 Å². The zero-order valence-electron chi connectivity index (χ0n) is 8.34. The standard InChI is InChI=1S/C11H13ClO2/c1-3-14-9-4-5-10(8(2)6-9)11(13)7-12/h4-6H,3,7H2,1-2H3. The van der Waals surface area contributed by atoms with E-state index in [1.54, 1.807) is 12.1 Å². The molecule has 0 aliphatic heterocycles. The Morgan fingerprint density at radius 1 is 1.50 bits per heavy atom. The monoisotopic (exact) mass is 212 g/mol. The van der Waals surface area contributed by atoms with E-state index in [9.17, 15) is 4.79 Å². The first-order valence-corrected chi connectivity index (χ1v) is 5.05. The fraction of sp³-hybridized carbons (Fsp3) is 0.364. The molecular formula is C11H13ClO2. The van der Waals surface area contributed by atoms with Gasteiger partial charge >= 0.3 is 0 Å². The molecule has 14 heavy (non-hydrogen) atoms. The molecule has 0 radical (unpaired) electrons. The number of carbonyl (C=O) groups excluding carboxylic acids is 1. The maximum Gasteiger partial charge on any atom is 0.177 e. The number of halogens is 1. The predicted octanol–water partition coefficient (Wildman–Crippen LogP) is 2.82. The van der Waals surface area contributed by atoms with E-state index in [0.29, 0.717) is 12.2 Å². The van der Waals surface area contributed by atoms with Gasteiger partial charge in [0.1, 0.15) is 5.75 Å². The van der Waals surface area contributed by atoms with Crippen molar-refractivity contribution in [3.63, 3.8) is 0 Å². The Kier molecular flexibility index (Phi) is 3.96. The number of aryl methyl sites for hydroxylation is 1. The van der Waals surface area contributed by atoms with E-state index in [4.69, 9.17) is 16.3 Å².